The molecule has 0 aliphatic rings. The van der Waals surface area contributed by atoms with Gasteiger partial charge in [-0.05, 0) is 43.0 Å². The molecule has 0 radical (unpaired) electrons. The van der Waals surface area contributed by atoms with Crippen molar-refractivity contribution in [1.29, 1.82) is 0 Å². The van der Waals surface area contributed by atoms with Crippen LogP contribution in [0.25, 0.3) is 0 Å². The van der Waals surface area contributed by atoms with Gasteiger partial charge < -0.3 is 9.05 Å². The molecule has 0 saturated heterocycles. The molecule has 102 valence electrons. The van der Waals surface area contributed by atoms with E-state index in [2.05, 4.69) is 0 Å². The third-order valence-electron chi connectivity index (χ3n) is 2.20. The largest absolute Gasteiger partial charge is 0.444 e. The summed E-state index contributed by atoms with van der Waals surface area (Å²) >= 11 is 5.20. The summed E-state index contributed by atoms with van der Waals surface area (Å²) in [6.07, 6.45) is 0. The molecule has 1 atom stereocenters. The second kappa shape index (κ2) is 6.15. The molecule has 1 rings (SSSR count). The zero-order valence-corrected chi connectivity index (χ0v) is 13.1. The molecule has 0 N–H and O–H groups in total. The summed E-state index contributed by atoms with van der Waals surface area (Å²) in [4.78, 5) is 0.290. The third-order valence-corrected chi connectivity index (χ3v) is 5.76. The minimum absolute atomic E-state index is 0.0813. The van der Waals surface area contributed by atoms with Gasteiger partial charge in [0.25, 0.3) is 0 Å². The van der Waals surface area contributed by atoms with Gasteiger partial charge in [-0.25, -0.2) is 8.42 Å². The fourth-order valence-electron chi connectivity index (χ4n) is 1.33. The van der Waals surface area contributed by atoms with Gasteiger partial charge in [-0.15, -0.1) is 0 Å². The van der Waals surface area contributed by atoms with Crippen molar-refractivity contribution in [2.24, 2.45) is 0 Å². The molecule has 7 heteroatoms. The van der Waals surface area contributed by atoms with Crippen molar-refractivity contribution in [3.8, 4) is 5.75 Å². The van der Waals surface area contributed by atoms with Crippen LogP contribution in [0, 0.1) is 0 Å². The fraction of sp³-hybridized carbons (Fsp3) is 0.455. The summed E-state index contributed by atoms with van der Waals surface area (Å²) in [5.41, 5.74) is 0. The lowest BCUT2D eigenvalue weighted by atomic mass is 10.3. The van der Waals surface area contributed by atoms with Crippen LogP contribution in [-0.2, 0) is 26.2 Å². The first kappa shape index (κ1) is 15.6. The van der Waals surface area contributed by atoms with Gasteiger partial charge in [0.15, 0.2) is 9.84 Å². The first-order valence-corrected chi connectivity index (χ1v) is 10.3. The Morgan fingerprint density at radius 1 is 1.22 bits per heavy atom. The topological polar surface area (TPSA) is 52.6 Å². The molecular weight excluding hydrogens is 291 g/mol. The Morgan fingerprint density at radius 2 is 1.78 bits per heavy atom. The van der Waals surface area contributed by atoms with E-state index in [1.807, 2.05) is 6.92 Å². The van der Waals surface area contributed by atoms with Crippen molar-refractivity contribution >= 4 is 28.1 Å². The van der Waals surface area contributed by atoms with Gasteiger partial charge in [0, 0.05) is 6.66 Å². The molecular formula is C11H17O4PS2. The summed E-state index contributed by atoms with van der Waals surface area (Å²) in [5, 5.41) is 0. The molecule has 0 aliphatic carbocycles. The van der Waals surface area contributed by atoms with Gasteiger partial charge in [-0.3, -0.25) is 0 Å². The van der Waals surface area contributed by atoms with Crippen molar-refractivity contribution in [2.75, 3.05) is 19.0 Å². The molecule has 0 aromatic heterocycles. The van der Waals surface area contributed by atoms with Gasteiger partial charge in [-0.2, -0.15) is 0 Å². The first-order chi connectivity index (χ1) is 8.30. The van der Waals surface area contributed by atoms with E-state index >= 15 is 0 Å². The van der Waals surface area contributed by atoms with Crippen LogP contribution >= 0.6 is 6.49 Å². The maximum atomic E-state index is 11.6. The Hall–Kier alpha value is -0.420. The van der Waals surface area contributed by atoms with Crippen LogP contribution in [0.2, 0.25) is 0 Å². The summed E-state index contributed by atoms with van der Waals surface area (Å²) < 4.78 is 34.1. The fourth-order valence-corrected chi connectivity index (χ4v) is 3.81. The van der Waals surface area contributed by atoms with Crippen LogP contribution in [0.15, 0.2) is 29.2 Å². The molecule has 0 bridgehead atoms. The van der Waals surface area contributed by atoms with E-state index < -0.39 is 16.3 Å². The maximum Gasteiger partial charge on any atom is 0.235 e. The quantitative estimate of drug-likeness (QED) is 0.756. The van der Waals surface area contributed by atoms with Crippen LogP contribution in [-0.4, -0.2) is 27.4 Å². The lowest BCUT2D eigenvalue weighted by molar-refractivity contribution is 0.335. The molecule has 0 aliphatic heterocycles. The Kier molecular flexibility index (Phi) is 5.34. The standard InChI is InChI=1S/C11H17O4PS2/c1-4-14-16(3,17)15-10-6-8-11(9-7-10)18(12,13)5-2/h6-9H,4-5H2,1-3H3. The second-order valence-electron chi connectivity index (χ2n) is 3.66. The smallest absolute Gasteiger partial charge is 0.235 e. The summed E-state index contributed by atoms with van der Waals surface area (Å²) in [6, 6.07) is 6.25. The molecule has 1 aromatic carbocycles. The molecule has 0 fully saturated rings. The van der Waals surface area contributed by atoms with Gasteiger partial charge >= 0.3 is 0 Å². The predicted octanol–water partition coefficient (Wildman–Crippen LogP) is 2.83. The molecule has 0 spiro atoms. The predicted molar refractivity (Wildman–Crippen MR) is 76.6 cm³/mol. The monoisotopic (exact) mass is 308 g/mol. The van der Waals surface area contributed by atoms with E-state index in [4.69, 9.17) is 20.9 Å². The Labute approximate surface area is 113 Å². The average molecular weight is 308 g/mol. The van der Waals surface area contributed by atoms with Crippen LogP contribution in [0.1, 0.15) is 13.8 Å². The van der Waals surface area contributed by atoms with Crippen molar-refractivity contribution < 1.29 is 17.5 Å². The van der Waals surface area contributed by atoms with Gasteiger partial charge in [0.2, 0.25) is 6.49 Å². The van der Waals surface area contributed by atoms with Gasteiger partial charge in [0.1, 0.15) is 5.75 Å². The molecule has 1 aromatic rings. The molecule has 18 heavy (non-hydrogen) atoms. The van der Waals surface area contributed by atoms with Crippen LogP contribution in [0.3, 0.4) is 0 Å². The normalized spacial score (nSPS) is 15.1. The minimum Gasteiger partial charge on any atom is -0.444 e. The number of sulfone groups is 1. The van der Waals surface area contributed by atoms with E-state index in [9.17, 15) is 8.42 Å². The van der Waals surface area contributed by atoms with Crippen molar-refractivity contribution in [3.63, 3.8) is 0 Å². The van der Waals surface area contributed by atoms with E-state index in [1.165, 1.54) is 12.1 Å². The number of rotatable bonds is 6. The van der Waals surface area contributed by atoms with Gasteiger partial charge in [0.05, 0.1) is 17.3 Å². The highest BCUT2D eigenvalue weighted by Crippen LogP contribution is 2.44. The van der Waals surface area contributed by atoms with E-state index in [-0.39, 0.29) is 10.6 Å². The SMILES string of the molecule is CCOP(C)(=S)Oc1ccc(S(=O)(=O)CC)cc1. The maximum absolute atomic E-state index is 11.6. The Bertz CT molecular complexity index is 537. The third kappa shape index (κ3) is 4.35. The molecule has 1 unspecified atom stereocenters. The highest BCUT2D eigenvalue weighted by atomic mass is 32.5. The Balaban J connectivity index is 2.88. The molecule has 4 nitrogen and oxygen atoms in total. The van der Waals surface area contributed by atoms with Crippen molar-refractivity contribution in [1.82, 2.24) is 0 Å². The lowest BCUT2D eigenvalue weighted by Gasteiger charge is -2.18. The average Bonchev–Trinajstić information content (AvgIpc) is 2.29. The zero-order valence-electron chi connectivity index (χ0n) is 10.6. The number of benzene rings is 1. The van der Waals surface area contributed by atoms with E-state index in [0.717, 1.165) is 0 Å². The van der Waals surface area contributed by atoms with Crippen LogP contribution in [0.4, 0.5) is 0 Å². The lowest BCUT2D eigenvalue weighted by Crippen LogP contribution is -2.03. The Morgan fingerprint density at radius 3 is 2.22 bits per heavy atom. The second-order valence-corrected chi connectivity index (χ2v) is 9.91. The minimum atomic E-state index is -3.17. The number of hydrogen-bond acceptors (Lipinski definition) is 5. The molecule has 0 saturated carbocycles. The molecule has 0 heterocycles. The summed E-state index contributed by atoms with van der Waals surface area (Å²) in [6.45, 7) is 3.41. The summed E-state index contributed by atoms with van der Waals surface area (Å²) in [5.74, 6) is 0.613. The highest BCUT2D eigenvalue weighted by molar-refractivity contribution is 8.09. The first-order valence-electron chi connectivity index (χ1n) is 5.55. The van der Waals surface area contributed by atoms with Crippen LogP contribution in [0.5, 0.6) is 5.75 Å². The zero-order chi connectivity index (χ0) is 13.8. The number of hydrogen-bond donors (Lipinski definition) is 0. The van der Waals surface area contributed by atoms with Crippen molar-refractivity contribution in [2.45, 2.75) is 18.7 Å². The van der Waals surface area contributed by atoms with E-state index in [0.29, 0.717) is 12.4 Å². The van der Waals surface area contributed by atoms with Crippen molar-refractivity contribution in [3.05, 3.63) is 24.3 Å². The van der Waals surface area contributed by atoms with Gasteiger partial charge in [-0.1, -0.05) is 6.92 Å². The molecule has 0 amide bonds. The highest BCUT2D eigenvalue weighted by Gasteiger charge is 2.14. The summed E-state index contributed by atoms with van der Waals surface area (Å²) in [7, 11) is -3.17. The van der Waals surface area contributed by atoms with Crippen LogP contribution < -0.4 is 4.52 Å². The van der Waals surface area contributed by atoms with E-state index in [1.54, 1.807) is 25.7 Å².